The lowest BCUT2D eigenvalue weighted by Crippen LogP contribution is -2.14. The fraction of sp³-hybridized carbons (Fsp3) is 0.292. The van der Waals surface area contributed by atoms with Crippen molar-refractivity contribution in [2.75, 3.05) is 18.5 Å². The number of carbonyl (C=O) groups excluding carboxylic acids is 1. The molecule has 7 nitrogen and oxygen atoms in total. The van der Waals surface area contributed by atoms with E-state index in [4.69, 9.17) is 9.47 Å². The molecule has 0 fully saturated rings. The summed E-state index contributed by atoms with van der Waals surface area (Å²) >= 11 is 1.40. The number of nitrogens with zero attached hydrogens (tertiary/aromatic N) is 3. The Balaban J connectivity index is 1.41. The minimum atomic E-state index is -0.149. The van der Waals surface area contributed by atoms with Crippen molar-refractivity contribution in [2.24, 2.45) is 7.05 Å². The summed E-state index contributed by atoms with van der Waals surface area (Å²) in [4.78, 5) is 12.6. The Morgan fingerprint density at radius 3 is 2.66 bits per heavy atom. The number of hydrogen-bond acceptors (Lipinski definition) is 6. The Kier molecular flexibility index (Phi) is 6.70. The maximum Gasteiger partial charge on any atom is 0.230 e. The average molecular weight is 451 g/mol. The van der Waals surface area contributed by atoms with Crippen molar-refractivity contribution in [3.05, 3.63) is 64.8 Å². The normalized spacial score (nSPS) is 11.0. The Labute approximate surface area is 191 Å². The molecule has 0 saturated carbocycles. The molecule has 1 amide bonds. The second kappa shape index (κ2) is 9.82. The van der Waals surface area contributed by atoms with Gasteiger partial charge in [-0.05, 0) is 43.2 Å². The van der Waals surface area contributed by atoms with Crippen LogP contribution in [0.15, 0.2) is 48.7 Å². The fourth-order valence-electron chi connectivity index (χ4n) is 3.66. The summed E-state index contributed by atoms with van der Waals surface area (Å²) in [5.41, 5.74) is 3.21. The van der Waals surface area contributed by atoms with Gasteiger partial charge in [0.05, 0.1) is 19.6 Å². The number of para-hydroxylation sites is 1. The summed E-state index contributed by atoms with van der Waals surface area (Å²) in [6, 6.07) is 13.8. The van der Waals surface area contributed by atoms with Crippen LogP contribution in [-0.4, -0.2) is 33.9 Å². The zero-order valence-electron chi connectivity index (χ0n) is 18.4. The van der Waals surface area contributed by atoms with Gasteiger partial charge in [-0.25, -0.2) is 0 Å². The van der Waals surface area contributed by atoms with Crippen molar-refractivity contribution >= 4 is 33.3 Å². The van der Waals surface area contributed by atoms with Crippen LogP contribution in [0, 0.1) is 0 Å². The molecular weight excluding hydrogens is 424 g/mol. The number of fused-ring (bicyclic) bond motifs is 1. The van der Waals surface area contributed by atoms with E-state index in [0.29, 0.717) is 36.3 Å². The molecule has 0 bridgehead atoms. The van der Waals surface area contributed by atoms with Crippen molar-refractivity contribution < 1.29 is 14.3 Å². The molecule has 0 radical (unpaired) electrons. The Morgan fingerprint density at radius 1 is 1.06 bits per heavy atom. The molecule has 0 aliphatic carbocycles. The summed E-state index contributed by atoms with van der Waals surface area (Å²) in [7, 11) is 2.04. The predicted octanol–water partition coefficient (Wildman–Crippen LogP) is 4.60. The summed E-state index contributed by atoms with van der Waals surface area (Å²) in [5.74, 6) is 1.18. The van der Waals surface area contributed by atoms with E-state index >= 15 is 0 Å². The number of rotatable bonds is 9. The molecule has 0 saturated heterocycles. The molecule has 166 valence electrons. The van der Waals surface area contributed by atoms with E-state index < -0.39 is 0 Å². The highest BCUT2D eigenvalue weighted by Crippen LogP contribution is 2.29. The van der Waals surface area contributed by atoms with Crippen molar-refractivity contribution in [1.82, 2.24) is 14.8 Å². The number of aromatic nitrogens is 3. The van der Waals surface area contributed by atoms with Crippen LogP contribution in [0.4, 0.5) is 5.13 Å². The van der Waals surface area contributed by atoms with Gasteiger partial charge in [0.1, 0.15) is 5.01 Å². The third-order valence-electron chi connectivity index (χ3n) is 5.01. The van der Waals surface area contributed by atoms with Crippen molar-refractivity contribution in [2.45, 2.75) is 26.7 Å². The van der Waals surface area contributed by atoms with Crippen LogP contribution < -0.4 is 14.8 Å². The van der Waals surface area contributed by atoms with Gasteiger partial charge < -0.3 is 19.4 Å². The van der Waals surface area contributed by atoms with Crippen LogP contribution in [0.5, 0.6) is 11.5 Å². The molecule has 2 heterocycles. The monoisotopic (exact) mass is 450 g/mol. The molecule has 0 spiro atoms. The Morgan fingerprint density at radius 2 is 1.84 bits per heavy atom. The number of aryl methyl sites for hydroxylation is 1. The van der Waals surface area contributed by atoms with Crippen molar-refractivity contribution in [3.63, 3.8) is 0 Å². The number of amides is 1. The quantitative estimate of drug-likeness (QED) is 0.403. The number of anilines is 1. The molecule has 1 N–H and O–H groups in total. The van der Waals surface area contributed by atoms with Gasteiger partial charge >= 0.3 is 0 Å². The lowest BCUT2D eigenvalue weighted by Gasteiger charge is -2.12. The summed E-state index contributed by atoms with van der Waals surface area (Å²) in [6.45, 7) is 4.92. The minimum absolute atomic E-state index is 0.149. The van der Waals surface area contributed by atoms with E-state index in [2.05, 4.69) is 38.4 Å². The smallest absolute Gasteiger partial charge is 0.230 e. The summed E-state index contributed by atoms with van der Waals surface area (Å²) < 4.78 is 13.3. The number of carbonyl (C=O) groups is 1. The van der Waals surface area contributed by atoms with E-state index in [1.54, 1.807) is 0 Å². The van der Waals surface area contributed by atoms with E-state index in [-0.39, 0.29) is 12.3 Å². The topological polar surface area (TPSA) is 78.3 Å². The number of hydrogen-bond donors (Lipinski definition) is 1. The predicted molar refractivity (Wildman–Crippen MR) is 127 cm³/mol. The van der Waals surface area contributed by atoms with Crippen molar-refractivity contribution in [1.29, 1.82) is 0 Å². The Hall–Kier alpha value is -3.39. The van der Waals surface area contributed by atoms with Gasteiger partial charge in [-0.3, -0.25) is 4.79 Å². The average Bonchev–Trinajstić information content (AvgIpc) is 3.34. The first-order chi connectivity index (χ1) is 15.6. The van der Waals surface area contributed by atoms with Gasteiger partial charge in [0.25, 0.3) is 0 Å². The molecule has 32 heavy (non-hydrogen) atoms. The van der Waals surface area contributed by atoms with Crippen LogP contribution in [0.25, 0.3) is 10.9 Å². The van der Waals surface area contributed by atoms with E-state index in [0.717, 1.165) is 10.6 Å². The minimum Gasteiger partial charge on any atom is -0.490 e. The third-order valence-corrected chi connectivity index (χ3v) is 5.85. The standard InChI is InChI=1S/C24H26N4O3S/c1-4-30-20-11-10-16(12-21(20)31-5-2)13-22(29)25-24-27-26-23(32-24)14-17-15-28(3)19-9-7-6-8-18(17)19/h6-12,15H,4-5,13-14H2,1-3H3,(H,25,27,29). The lowest BCUT2D eigenvalue weighted by atomic mass is 10.1. The largest absolute Gasteiger partial charge is 0.490 e. The number of benzene rings is 2. The molecule has 2 aromatic carbocycles. The van der Waals surface area contributed by atoms with Gasteiger partial charge in [-0.2, -0.15) is 0 Å². The second-order valence-corrected chi connectivity index (χ2v) is 8.39. The molecule has 8 heteroatoms. The summed E-state index contributed by atoms with van der Waals surface area (Å²) in [6.07, 6.45) is 3.00. The van der Waals surface area contributed by atoms with Crippen molar-refractivity contribution in [3.8, 4) is 11.5 Å². The van der Waals surface area contributed by atoms with Crippen LogP contribution >= 0.6 is 11.3 Å². The van der Waals surface area contributed by atoms with Crippen LogP contribution in [-0.2, 0) is 24.7 Å². The van der Waals surface area contributed by atoms with Crippen LogP contribution in [0.2, 0.25) is 0 Å². The zero-order chi connectivity index (χ0) is 22.5. The molecule has 0 aliphatic rings. The van der Waals surface area contributed by atoms with Gasteiger partial charge in [0.15, 0.2) is 11.5 Å². The second-order valence-electron chi connectivity index (χ2n) is 7.33. The van der Waals surface area contributed by atoms with Gasteiger partial charge in [-0.15, -0.1) is 10.2 Å². The molecule has 0 aliphatic heterocycles. The van der Waals surface area contributed by atoms with E-state index in [1.165, 1.54) is 27.8 Å². The summed E-state index contributed by atoms with van der Waals surface area (Å²) in [5, 5.41) is 13.8. The Bertz CT molecular complexity index is 1230. The highest BCUT2D eigenvalue weighted by atomic mass is 32.1. The number of nitrogens with one attached hydrogen (secondary N) is 1. The zero-order valence-corrected chi connectivity index (χ0v) is 19.2. The first-order valence-electron chi connectivity index (χ1n) is 10.6. The highest BCUT2D eigenvalue weighted by molar-refractivity contribution is 7.15. The SMILES string of the molecule is CCOc1ccc(CC(=O)Nc2nnc(Cc3cn(C)c4ccccc34)s2)cc1OCC. The fourth-order valence-corrected chi connectivity index (χ4v) is 4.44. The van der Waals surface area contributed by atoms with Crippen LogP contribution in [0.1, 0.15) is 30.0 Å². The van der Waals surface area contributed by atoms with Gasteiger partial charge in [0.2, 0.25) is 11.0 Å². The molecule has 0 unspecified atom stereocenters. The molecular formula is C24H26N4O3S. The van der Waals surface area contributed by atoms with Crippen LogP contribution in [0.3, 0.4) is 0 Å². The van der Waals surface area contributed by atoms with Gasteiger partial charge in [0, 0.05) is 30.6 Å². The molecule has 4 rings (SSSR count). The van der Waals surface area contributed by atoms with E-state index in [9.17, 15) is 4.79 Å². The maximum absolute atomic E-state index is 12.6. The van der Waals surface area contributed by atoms with Gasteiger partial charge in [-0.1, -0.05) is 35.6 Å². The highest BCUT2D eigenvalue weighted by Gasteiger charge is 2.14. The molecule has 0 atom stereocenters. The molecule has 4 aromatic rings. The lowest BCUT2D eigenvalue weighted by molar-refractivity contribution is -0.115. The van der Waals surface area contributed by atoms with E-state index in [1.807, 2.05) is 51.2 Å². The third kappa shape index (κ3) is 4.91. The molecule has 2 aromatic heterocycles. The first-order valence-corrected chi connectivity index (χ1v) is 11.4. The number of ether oxygens (including phenoxy) is 2. The first kappa shape index (κ1) is 21.8. The maximum atomic E-state index is 12.6.